The van der Waals surface area contributed by atoms with Gasteiger partial charge in [-0.15, -0.1) is 0 Å². The number of fused-ring (bicyclic) bond motifs is 1. The zero-order valence-corrected chi connectivity index (χ0v) is 18.0. The number of carbonyl (C=O) groups excluding carboxylic acids is 2. The summed E-state index contributed by atoms with van der Waals surface area (Å²) in [7, 11) is 1.56. The molecule has 0 aromatic heterocycles. The van der Waals surface area contributed by atoms with Gasteiger partial charge in [-0.3, -0.25) is 4.79 Å². The molecule has 2 amide bonds. The second kappa shape index (κ2) is 8.17. The molecule has 0 heterocycles. The van der Waals surface area contributed by atoms with Gasteiger partial charge < -0.3 is 9.47 Å². The smallest absolute Gasteiger partial charge is 0.426 e. The van der Waals surface area contributed by atoms with Gasteiger partial charge in [-0.1, -0.05) is 24.3 Å². The van der Waals surface area contributed by atoms with E-state index < -0.39 is 11.7 Å². The first-order valence-corrected chi connectivity index (χ1v) is 9.43. The van der Waals surface area contributed by atoms with Crippen LogP contribution in [0.15, 0.2) is 34.8 Å². The highest BCUT2D eigenvalue weighted by Gasteiger charge is 2.27. The highest BCUT2D eigenvalue weighted by molar-refractivity contribution is 9.10. The maximum Gasteiger partial charge on any atom is 0.426 e. The zero-order chi connectivity index (χ0) is 20.4. The van der Waals surface area contributed by atoms with Gasteiger partial charge >= 0.3 is 6.09 Å². The van der Waals surface area contributed by atoms with Crippen molar-refractivity contribution >= 4 is 38.7 Å². The van der Waals surface area contributed by atoms with E-state index in [0.717, 1.165) is 10.8 Å². The third kappa shape index (κ3) is 4.91. The Morgan fingerprint density at radius 1 is 1.15 bits per heavy atom. The maximum absolute atomic E-state index is 13.2. The average molecular weight is 437 g/mol. The lowest BCUT2D eigenvalue weighted by molar-refractivity contribution is 0.0242. The van der Waals surface area contributed by atoms with E-state index in [-0.39, 0.29) is 11.9 Å². The number of methoxy groups -OCH3 is 1. The summed E-state index contributed by atoms with van der Waals surface area (Å²) < 4.78 is 11.4. The zero-order valence-electron chi connectivity index (χ0n) is 16.4. The number of benzene rings is 2. The number of hydrogen-bond donors (Lipinski definition) is 1. The molecular formula is C20H25BrN2O4. The number of amides is 2. The van der Waals surface area contributed by atoms with E-state index in [1.54, 1.807) is 47.8 Å². The van der Waals surface area contributed by atoms with Crippen LogP contribution >= 0.6 is 15.9 Å². The minimum absolute atomic E-state index is 0.283. The molecule has 7 heteroatoms. The number of hydrazine groups is 1. The SMILES string of the molecule is COc1cc(C(=O)N(NC(=O)OC(C)(C)C)C(C)C)c(Br)c2ccccc12. The van der Waals surface area contributed by atoms with Gasteiger partial charge in [-0.25, -0.2) is 15.2 Å². The minimum atomic E-state index is -0.687. The van der Waals surface area contributed by atoms with Crippen LogP contribution in [0.1, 0.15) is 45.0 Å². The maximum atomic E-state index is 13.2. The standard InChI is InChI=1S/C20H25BrN2O4/c1-12(2)23(22-19(25)27-20(3,4)5)18(24)15-11-16(26-6)13-9-7-8-10-14(13)17(15)21/h7-12H,1-6H3,(H,22,25). The monoisotopic (exact) mass is 436 g/mol. The lowest BCUT2D eigenvalue weighted by Crippen LogP contribution is -2.51. The predicted molar refractivity (Wildman–Crippen MR) is 109 cm³/mol. The number of nitrogens with zero attached hydrogens (tertiary/aromatic N) is 1. The Bertz CT molecular complexity index is 859. The number of nitrogens with one attached hydrogen (secondary N) is 1. The number of carbonyl (C=O) groups is 2. The van der Waals surface area contributed by atoms with Gasteiger partial charge in [0.05, 0.1) is 12.7 Å². The Morgan fingerprint density at radius 2 is 1.74 bits per heavy atom. The van der Waals surface area contributed by atoms with Gasteiger partial charge in [-0.2, -0.15) is 0 Å². The van der Waals surface area contributed by atoms with Crippen LogP contribution in [0.4, 0.5) is 4.79 Å². The Hall–Kier alpha value is -2.28. The topological polar surface area (TPSA) is 67.9 Å². The second-order valence-corrected chi connectivity index (χ2v) is 8.16. The molecule has 2 aromatic carbocycles. The van der Waals surface area contributed by atoms with Crippen LogP contribution in [0.3, 0.4) is 0 Å². The summed E-state index contributed by atoms with van der Waals surface area (Å²) in [6.07, 6.45) is -0.687. The number of rotatable bonds is 3. The summed E-state index contributed by atoms with van der Waals surface area (Å²) in [4.78, 5) is 25.4. The Kier molecular flexibility index (Phi) is 6.36. The van der Waals surface area contributed by atoms with Gasteiger partial charge in [0.15, 0.2) is 0 Å². The number of halogens is 1. The van der Waals surface area contributed by atoms with Crippen LogP contribution in [0.2, 0.25) is 0 Å². The highest BCUT2D eigenvalue weighted by Crippen LogP contribution is 2.35. The molecule has 0 aliphatic rings. The van der Waals surface area contributed by atoms with Crippen molar-refractivity contribution in [1.29, 1.82) is 0 Å². The van der Waals surface area contributed by atoms with Gasteiger partial charge in [0, 0.05) is 21.3 Å². The Morgan fingerprint density at radius 3 is 2.26 bits per heavy atom. The molecule has 27 heavy (non-hydrogen) atoms. The van der Waals surface area contributed by atoms with E-state index in [0.29, 0.717) is 15.8 Å². The summed E-state index contributed by atoms with van der Waals surface area (Å²) in [5.74, 6) is 0.213. The van der Waals surface area contributed by atoms with Crippen molar-refractivity contribution in [2.45, 2.75) is 46.3 Å². The molecule has 2 rings (SSSR count). The van der Waals surface area contributed by atoms with Crippen molar-refractivity contribution in [1.82, 2.24) is 10.4 Å². The first-order chi connectivity index (χ1) is 12.5. The van der Waals surface area contributed by atoms with Crippen molar-refractivity contribution in [3.8, 4) is 5.75 Å². The molecule has 6 nitrogen and oxygen atoms in total. The quantitative estimate of drug-likeness (QED) is 0.694. The van der Waals surface area contributed by atoms with Gasteiger partial charge in [-0.05, 0) is 56.6 Å². The fourth-order valence-electron chi connectivity index (χ4n) is 2.57. The van der Waals surface area contributed by atoms with Crippen molar-refractivity contribution in [3.05, 3.63) is 40.4 Å². The third-order valence-electron chi connectivity index (χ3n) is 3.74. The molecule has 1 N–H and O–H groups in total. The van der Waals surface area contributed by atoms with E-state index in [1.807, 2.05) is 24.3 Å². The van der Waals surface area contributed by atoms with Crippen LogP contribution in [0.25, 0.3) is 10.8 Å². The van der Waals surface area contributed by atoms with Crippen molar-refractivity contribution < 1.29 is 19.1 Å². The van der Waals surface area contributed by atoms with Crippen LogP contribution in [0.5, 0.6) is 5.75 Å². The van der Waals surface area contributed by atoms with Gasteiger partial charge in [0.25, 0.3) is 5.91 Å². The lowest BCUT2D eigenvalue weighted by atomic mass is 10.0. The fourth-order valence-corrected chi connectivity index (χ4v) is 3.20. The molecule has 0 aliphatic heterocycles. The van der Waals surface area contributed by atoms with Crippen LogP contribution in [0, 0.1) is 0 Å². The molecule has 0 unspecified atom stereocenters. The molecule has 0 aliphatic carbocycles. The summed E-state index contributed by atoms with van der Waals surface area (Å²) in [6.45, 7) is 8.90. The molecule has 0 atom stereocenters. The molecule has 146 valence electrons. The van der Waals surface area contributed by atoms with Crippen molar-refractivity contribution in [3.63, 3.8) is 0 Å². The first-order valence-electron chi connectivity index (χ1n) is 8.63. The minimum Gasteiger partial charge on any atom is -0.496 e. The van der Waals surface area contributed by atoms with E-state index in [4.69, 9.17) is 9.47 Å². The van der Waals surface area contributed by atoms with Crippen LogP contribution in [-0.4, -0.2) is 35.8 Å². The summed E-state index contributed by atoms with van der Waals surface area (Å²) in [6, 6.07) is 9.00. The molecular weight excluding hydrogens is 412 g/mol. The Balaban J connectivity index is 2.44. The van der Waals surface area contributed by atoms with E-state index in [2.05, 4.69) is 21.4 Å². The summed E-state index contributed by atoms with van der Waals surface area (Å²) >= 11 is 3.53. The lowest BCUT2D eigenvalue weighted by Gasteiger charge is -2.29. The third-order valence-corrected chi connectivity index (χ3v) is 4.59. The molecule has 0 bridgehead atoms. The molecule has 0 spiro atoms. The van der Waals surface area contributed by atoms with E-state index in [1.165, 1.54) is 5.01 Å². The Labute approximate surface area is 167 Å². The van der Waals surface area contributed by atoms with Gasteiger partial charge in [0.1, 0.15) is 11.4 Å². The van der Waals surface area contributed by atoms with Crippen molar-refractivity contribution in [2.75, 3.05) is 7.11 Å². The molecule has 0 fully saturated rings. The van der Waals surface area contributed by atoms with Crippen molar-refractivity contribution in [2.24, 2.45) is 0 Å². The van der Waals surface area contributed by atoms with E-state index in [9.17, 15) is 9.59 Å². The summed E-state index contributed by atoms with van der Waals surface area (Å²) in [5, 5.41) is 2.99. The normalized spacial score (nSPS) is 11.4. The van der Waals surface area contributed by atoms with Crippen LogP contribution < -0.4 is 10.2 Å². The van der Waals surface area contributed by atoms with Gasteiger partial charge in [0.2, 0.25) is 0 Å². The predicted octanol–water partition coefficient (Wildman–Crippen LogP) is 4.90. The van der Waals surface area contributed by atoms with Crippen LogP contribution in [-0.2, 0) is 4.74 Å². The summed E-state index contributed by atoms with van der Waals surface area (Å²) in [5.41, 5.74) is 2.27. The largest absolute Gasteiger partial charge is 0.496 e. The molecule has 0 saturated carbocycles. The first kappa shape index (κ1) is 21.0. The molecule has 0 radical (unpaired) electrons. The molecule has 0 saturated heterocycles. The molecule has 2 aromatic rings. The average Bonchev–Trinajstić information content (AvgIpc) is 2.58. The number of hydrogen-bond acceptors (Lipinski definition) is 4. The van der Waals surface area contributed by atoms with E-state index >= 15 is 0 Å². The number of ether oxygens (including phenoxy) is 2. The fraction of sp³-hybridized carbons (Fsp3) is 0.400. The second-order valence-electron chi connectivity index (χ2n) is 7.37. The highest BCUT2D eigenvalue weighted by atomic mass is 79.9.